The summed E-state index contributed by atoms with van der Waals surface area (Å²) < 4.78 is -0.204. The molecule has 0 unspecified atom stereocenters. The van der Waals surface area contributed by atoms with Crippen LogP contribution >= 0.6 is 47.8 Å². The van der Waals surface area contributed by atoms with E-state index in [0.29, 0.717) is 10.9 Å². The van der Waals surface area contributed by atoms with Gasteiger partial charge in [-0.2, -0.15) is 0 Å². The number of halogens is 3. The molecule has 0 aliphatic heterocycles. The quantitative estimate of drug-likeness (QED) is 0.441. The molecule has 1 aromatic carbocycles. The Morgan fingerprint density at radius 3 is 2.50 bits per heavy atom. The number of nitro benzene ring substituents is 1. The number of hydrogen-bond donors (Lipinski definition) is 0. The highest BCUT2D eigenvalue weighted by Crippen LogP contribution is 2.38. The zero-order chi connectivity index (χ0) is 10.7. The zero-order valence-corrected chi connectivity index (χ0v) is 11.7. The monoisotopic (exact) mass is 385 g/mol. The second-order valence-corrected chi connectivity index (χ2v) is 6.16. The Hall–Kier alpha value is 0.0600. The average Bonchev–Trinajstić information content (AvgIpc) is 2.16. The molecular weight excluding hydrogens is 382 g/mol. The van der Waals surface area contributed by atoms with Crippen molar-refractivity contribution in [3.8, 4) is 0 Å². The molecule has 3 nitrogen and oxygen atoms in total. The van der Waals surface area contributed by atoms with Crippen molar-refractivity contribution in [1.29, 1.82) is 0 Å². The van der Waals surface area contributed by atoms with Crippen LogP contribution in [0.4, 0.5) is 5.69 Å². The lowest BCUT2D eigenvalue weighted by Gasteiger charge is -2.08. The van der Waals surface area contributed by atoms with Crippen molar-refractivity contribution in [2.75, 3.05) is 0 Å². The van der Waals surface area contributed by atoms with E-state index in [1.54, 1.807) is 6.07 Å². The first-order chi connectivity index (χ1) is 6.57. The standard InChI is InChI=1S/C8H6Br3NO2/c9-4-5-2-1-3-6(12(13)14)7(5)8(10)11/h1-3,8H,4H2. The molecule has 0 atom stereocenters. The van der Waals surface area contributed by atoms with Crippen molar-refractivity contribution in [2.45, 2.75) is 9.07 Å². The van der Waals surface area contributed by atoms with Gasteiger partial charge in [0.1, 0.15) is 3.74 Å². The maximum Gasteiger partial charge on any atom is 0.274 e. The summed E-state index contributed by atoms with van der Waals surface area (Å²) in [4.78, 5) is 10.4. The van der Waals surface area contributed by atoms with Crippen molar-refractivity contribution in [2.24, 2.45) is 0 Å². The largest absolute Gasteiger partial charge is 0.274 e. The minimum absolute atomic E-state index is 0.126. The summed E-state index contributed by atoms with van der Waals surface area (Å²) in [6.07, 6.45) is 0. The van der Waals surface area contributed by atoms with E-state index in [2.05, 4.69) is 47.8 Å². The molecule has 1 rings (SSSR count). The molecule has 6 heteroatoms. The van der Waals surface area contributed by atoms with Crippen molar-refractivity contribution in [3.05, 3.63) is 39.4 Å². The normalized spacial score (nSPS) is 10.6. The first kappa shape index (κ1) is 12.1. The molecule has 0 radical (unpaired) electrons. The lowest BCUT2D eigenvalue weighted by Crippen LogP contribution is -1.98. The summed E-state index contributed by atoms with van der Waals surface area (Å²) in [5.41, 5.74) is 1.69. The summed E-state index contributed by atoms with van der Waals surface area (Å²) in [6.45, 7) is 0. The maximum atomic E-state index is 10.7. The van der Waals surface area contributed by atoms with Gasteiger partial charge in [0, 0.05) is 11.4 Å². The molecule has 0 bridgehead atoms. The molecule has 0 saturated heterocycles. The molecule has 0 aliphatic rings. The third kappa shape index (κ3) is 2.55. The first-order valence-corrected chi connectivity index (χ1v) is 6.63. The van der Waals surface area contributed by atoms with Crippen molar-refractivity contribution in [3.63, 3.8) is 0 Å². The van der Waals surface area contributed by atoms with Crippen molar-refractivity contribution in [1.82, 2.24) is 0 Å². The van der Waals surface area contributed by atoms with Gasteiger partial charge >= 0.3 is 0 Å². The van der Waals surface area contributed by atoms with Gasteiger partial charge in [-0.1, -0.05) is 59.9 Å². The summed E-state index contributed by atoms with van der Waals surface area (Å²) in [6, 6.07) is 5.03. The molecule has 0 amide bonds. The maximum absolute atomic E-state index is 10.7. The zero-order valence-electron chi connectivity index (χ0n) is 6.91. The minimum Gasteiger partial charge on any atom is -0.258 e. The lowest BCUT2D eigenvalue weighted by molar-refractivity contribution is -0.385. The number of benzene rings is 1. The predicted octanol–water partition coefficient (Wildman–Crippen LogP) is 4.28. The van der Waals surface area contributed by atoms with Crippen LogP contribution in [-0.2, 0) is 5.33 Å². The molecule has 0 fully saturated rings. The second-order valence-electron chi connectivity index (χ2n) is 2.54. The lowest BCUT2D eigenvalue weighted by atomic mass is 10.1. The minimum atomic E-state index is -0.378. The van der Waals surface area contributed by atoms with E-state index < -0.39 is 0 Å². The molecule has 1 aromatic rings. The van der Waals surface area contributed by atoms with Crippen LogP contribution in [-0.4, -0.2) is 4.92 Å². The van der Waals surface area contributed by atoms with Crippen LogP contribution in [0.25, 0.3) is 0 Å². The van der Waals surface area contributed by atoms with Crippen LogP contribution in [0.5, 0.6) is 0 Å². The van der Waals surface area contributed by atoms with Gasteiger partial charge in [-0.3, -0.25) is 10.1 Å². The SMILES string of the molecule is O=[N+]([O-])c1cccc(CBr)c1C(Br)Br. The van der Waals surface area contributed by atoms with Gasteiger partial charge in [0.2, 0.25) is 0 Å². The summed E-state index contributed by atoms with van der Waals surface area (Å²) in [5, 5.41) is 11.3. The molecule has 76 valence electrons. The van der Waals surface area contributed by atoms with E-state index in [1.807, 2.05) is 6.07 Å². The van der Waals surface area contributed by atoms with Crippen LogP contribution in [0, 0.1) is 10.1 Å². The summed E-state index contributed by atoms with van der Waals surface area (Å²) in [7, 11) is 0. The average molecular weight is 388 g/mol. The number of hydrogen-bond acceptors (Lipinski definition) is 2. The van der Waals surface area contributed by atoms with Crippen LogP contribution in [0.3, 0.4) is 0 Å². The van der Waals surface area contributed by atoms with Crippen LogP contribution in [0.2, 0.25) is 0 Å². The van der Waals surface area contributed by atoms with Gasteiger partial charge in [0.25, 0.3) is 5.69 Å². The van der Waals surface area contributed by atoms with Crippen molar-refractivity contribution < 1.29 is 4.92 Å². The van der Waals surface area contributed by atoms with Crippen LogP contribution in [0.15, 0.2) is 18.2 Å². The number of nitro groups is 1. The Morgan fingerprint density at radius 1 is 1.43 bits per heavy atom. The van der Waals surface area contributed by atoms with Gasteiger partial charge < -0.3 is 0 Å². The highest BCUT2D eigenvalue weighted by molar-refractivity contribution is 9.24. The van der Waals surface area contributed by atoms with Crippen LogP contribution in [0.1, 0.15) is 14.9 Å². The van der Waals surface area contributed by atoms with Crippen molar-refractivity contribution >= 4 is 53.5 Å². The number of nitrogens with zero attached hydrogens (tertiary/aromatic N) is 1. The smallest absolute Gasteiger partial charge is 0.258 e. The van der Waals surface area contributed by atoms with E-state index in [-0.39, 0.29) is 14.3 Å². The van der Waals surface area contributed by atoms with Gasteiger partial charge in [-0.15, -0.1) is 0 Å². The fourth-order valence-corrected chi connectivity index (χ4v) is 2.67. The Balaban J connectivity index is 3.35. The van der Waals surface area contributed by atoms with Crippen LogP contribution < -0.4 is 0 Å². The van der Waals surface area contributed by atoms with E-state index >= 15 is 0 Å². The predicted molar refractivity (Wildman–Crippen MR) is 66.3 cm³/mol. The van der Waals surface area contributed by atoms with Gasteiger partial charge in [0.15, 0.2) is 0 Å². The van der Waals surface area contributed by atoms with Gasteiger partial charge in [-0.25, -0.2) is 0 Å². The highest BCUT2D eigenvalue weighted by atomic mass is 79.9. The Morgan fingerprint density at radius 2 is 2.07 bits per heavy atom. The van der Waals surface area contributed by atoms with E-state index in [4.69, 9.17) is 0 Å². The first-order valence-electron chi connectivity index (χ1n) is 3.68. The molecule has 14 heavy (non-hydrogen) atoms. The molecular formula is C8H6Br3NO2. The second kappa shape index (κ2) is 5.23. The Bertz CT molecular complexity index is 354. The Kier molecular flexibility index (Phi) is 4.53. The highest BCUT2D eigenvalue weighted by Gasteiger charge is 2.21. The summed E-state index contributed by atoms with van der Waals surface area (Å²) >= 11 is 9.87. The molecule has 0 heterocycles. The van der Waals surface area contributed by atoms with E-state index in [1.165, 1.54) is 6.07 Å². The van der Waals surface area contributed by atoms with E-state index in [0.717, 1.165) is 5.56 Å². The Labute approximate surface area is 106 Å². The third-order valence-electron chi connectivity index (χ3n) is 1.73. The van der Waals surface area contributed by atoms with E-state index in [9.17, 15) is 10.1 Å². The summed E-state index contributed by atoms with van der Waals surface area (Å²) in [5.74, 6) is 0. The fraction of sp³-hybridized carbons (Fsp3) is 0.250. The number of alkyl halides is 3. The molecule has 0 spiro atoms. The molecule has 0 aliphatic carbocycles. The fourth-order valence-electron chi connectivity index (χ4n) is 1.13. The third-order valence-corrected chi connectivity index (χ3v) is 3.25. The van der Waals surface area contributed by atoms with Gasteiger partial charge in [0.05, 0.1) is 10.5 Å². The molecule has 0 aromatic heterocycles. The molecule has 0 saturated carbocycles. The topological polar surface area (TPSA) is 43.1 Å². The number of rotatable bonds is 3. The van der Waals surface area contributed by atoms with Gasteiger partial charge in [-0.05, 0) is 5.56 Å². The molecule has 0 N–H and O–H groups in total.